The predicted molar refractivity (Wildman–Crippen MR) is 176 cm³/mol. The number of piperazine rings is 1. The van der Waals surface area contributed by atoms with Crippen molar-refractivity contribution in [1.29, 1.82) is 5.26 Å². The molecule has 2 aromatic heterocycles. The Kier molecular flexibility index (Phi) is 9.10. The number of aromatic hydroxyl groups is 1. The highest BCUT2D eigenvalue weighted by atomic mass is 35.5. The fourth-order valence-corrected chi connectivity index (χ4v) is 6.82. The summed E-state index contributed by atoms with van der Waals surface area (Å²) in [6.07, 6.45) is 4.93. The number of nitriles is 1. The second-order valence-corrected chi connectivity index (χ2v) is 12.6. The molecule has 1 N–H and O–H groups in total. The van der Waals surface area contributed by atoms with Gasteiger partial charge in [0.05, 0.1) is 38.7 Å². The number of carbonyl (C=O) groups is 1. The molecule has 1 aromatic carbocycles. The van der Waals surface area contributed by atoms with E-state index in [1.54, 1.807) is 9.80 Å². The third kappa shape index (κ3) is 5.28. The van der Waals surface area contributed by atoms with Crippen LogP contribution in [0.4, 0.5) is 14.5 Å². The third-order valence-electron chi connectivity index (χ3n) is 8.30. The molecular weight excluding hydrogens is 661 g/mol. The Balaban J connectivity index is 1.91. The van der Waals surface area contributed by atoms with Gasteiger partial charge >= 0.3 is 0 Å². The van der Waals surface area contributed by atoms with Crippen LogP contribution in [-0.4, -0.2) is 69.6 Å². The lowest BCUT2D eigenvalue weighted by molar-refractivity contribution is -0.126. The van der Waals surface area contributed by atoms with Crippen LogP contribution in [0.15, 0.2) is 41.4 Å². The molecule has 0 saturated carbocycles. The van der Waals surface area contributed by atoms with E-state index < -0.39 is 38.6 Å². The normalized spacial score (nSPS) is 16.9. The Labute approximate surface area is 278 Å². The summed E-state index contributed by atoms with van der Waals surface area (Å²) in [5.74, 6) is -4.12. The van der Waals surface area contributed by atoms with E-state index in [0.717, 1.165) is 5.57 Å². The molecule has 240 valence electrons. The summed E-state index contributed by atoms with van der Waals surface area (Å²) < 4.78 is 31.3. The van der Waals surface area contributed by atoms with E-state index in [-0.39, 0.29) is 58.6 Å². The number of rotatable bonds is 5. The summed E-state index contributed by atoms with van der Waals surface area (Å²) >= 11 is 18.8. The van der Waals surface area contributed by atoms with Crippen LogP contribution in [0.25, 0.3) is 28.0 Å². The fraction of sp³-hybridized carbons (Fsp3) is 0.312. The minimum atomic E-state index is -1.45. The number of halogens is 5. The summed E-state index contributed by atoms with van der Waals surface area (Å²) in [7, 11) is 1.86. The summed E-state index contributed by atoms with van der Waals surface area (Å²) in [5.41, 5.74) is -0.203. The van der Waals surface area contributed by atoms with Crippen LogP contribution in [0, 0.1) is 28.9 Å². The molecule has 1 amide bonds. The molecule has 1 fully saturated rings. The van der Waals surface area contributed by atoms with Gasteiger partial charge in [0.25, 0.3) is 5.56 Å². The number of anilines is 1. The fourth-order valence-electron chi connectivity index (χ4n) is 6.13. The Morgan fingerprint density at radius 1 is 1.17 bits per heavy atom. The number of aromatic nitrogens is 2. The Morgan fingerprint density at radius 2 is 1.83 bits per heavy atom. The molecule has 1 unspecified atom stereocenters. The van der Waals surface area contributed by atoms with Gasteiger partial charge < -0.3 is 19.8 Å². The molecule has 3 aromatic rings. The molecule has 46 heavy (non-hydrogen) atoms. The second kappa shape index (κ2) is 12.6. The molecule has 0 aliphatic carbocycles. The number of phenols is 1. The van der Waals surface area contributed by atoms with Crippen molar-refractivity contribution in [2.75, 3.05) is 38.1 Å². The maximum absolute atomic E-state index is 15.6. The van der Waals surface area contributed by atoms with E-state index in [1.807, 2.05) is 45.0 Å². The van der Waals surface area contributed by atoms with E-state index in [9.17, 15) is 24.3 Å². The molecule has 0 radical (unpaired) electrons. The largest absolute Gasteiger partial charge is 0.504 e. The molecule has 5 rings (SSSR count). The molecule has 14 heteroatoms. The summed E-state index contributed by atoms with van der Waals surface area (Å²) in [6.45, 7) is 10.5. The van der Waals surface area contributed by atoms with E-state index >= 15 is 4.39 Å². The Morgan fingerprint density at radius 3 is 2.41 bits per heavy atom. The van der Waals surface area contributed by atoms with Gasteiger partial charge in [-0.1, -0.05) is 55.2 Å². The van der Waals surface area contributed by atoms with Gasteiger partial charge in [-0.25, -0.2) is 13.8 Å². The van der Waals surface area contributed by atoms with E-state index in [2.05, 4.69) is 17.6 Å². The first-order valence-corrected chi connectivity index (χ1v) is 15.4. The van der Waals surface area contributed by atoms with Crippen LogP contribution in [0.5, 0.6) is 5.75 Å². The SMILES string of the molecule is C=CC(=O)N1CCN(c2c(C#N)c(=O)n(C3=C(C)C=CN(C)C3C(C)C)c3nc(-c4c(F)c(Cl)c(F)c(O)c4Cl)c(Cl)cc23)CC1. The summed E-state index contributed by atoms with van der Waals surface area (Å²) in [5, 5.41) is 19.1. The molecule has 2 aliphatic rings. The molecule has 1 atom stereocenters. The average molecular weight is 690 g/mol. The van der Waals surface area contributed by atoms with Crippen molar-refractivity contribution in [3.8, 4) is 23.1 Å². The number of nitrogens with zero attached hydrogens (tertiary/aromatic N) is 6. The zero-order chi connectivity index (χ0) is 33.8. The van der Waals surface area contributed by atoms with Gasteiger partial charge in [-0.05, 0) is 42.8 Å². The van der Waals surface area contributed by atoms with Crippen molar-refractivity contribution in [2.45, 2.75) is 26.8 Å². The first-order chi connectivity index (χ1) is 21.7. The number of pyridine rings is 2. The lowest BCUT2D eigenvalue weighted by Crippen LogP contribution is -2.49. The van der Waals surface area contributed by atoms with Crippen molar-refractivity contribution < 1.29 is 18.7 Å². The number of hydrogen-bond acceptors (Lipinski definition) is 7. The highest BCUT2D eigenvalue weighted by Crippen LogP contribution is 2.46. The zero-order valence-corrected chi connectivity index (χ0v) is 27.6. The maximum atomic E-state index is 15.6. The first kappa shape index (κ1) is 33.3. The highest BCUT2D eigenvalue weighted by Gasteiger charge is 2.34. The van der Waals surface area contributed by atoms with E-state index in [1.165, 1.54) is 16.7 Å². The number of fused-ring (bicyclic) bond motifs is 1. The van der Waals surface area contributed by atoms with Gasteiger partial charge in [-0.15, -0.1) is 0 Å². The Bertz CT molecular complexity index is 1950. The maximum Gasteiger partial charge on any atom is 0.276 e. The van der Waals surface area contributed by atoms with Crippen LogP contribution < -0.4 is 10.5 Å². The summed E-state index contributed by atoms with van der Waals surface area (Å²) in [4.78, 5) is 36.8. The van der Waals surface area contributed by atoms with Gasteiger partial charge in [0.15, 0.2) is 17.4 Å². The second-order valence-electron chi connectivity index (χ2n) is 11.4. The van der Waals surface area contributed by atoms with Crippen molar-refractivity contribution in [2.24, 2.45) is 5.92 Å². The number of amides is 1. The van der Waals surface area contributed by atoms with Gasteiger partial charge in [0.2, 0.25) is 5.91 Å². The van der Waals surface area contributed by atoms with Gasteiger partial charge in [0, 0.05) is 38.6 Å². The molecule has 9 nitrogen and oxygen atoms in total. The van der Waals surface area contributed by atoms with Crippen LogP contribution in [-0.2, 0) is 4.79 Å². The number of likely N-dealkylation sites (N-methyl/N-ethyl adjacent to an activating group) is 1. The van der Waals surface area contributed by atoms with Crippen molar-refractivity contribution in [1.82, 2.24) is 19.4 Å². The quantitative estimate of drug-likeness (QED) is 0.187. The number of allylic oxidation sites excluding steroid dienone is 2. The minimum absolute atomic E-state index is 0.0158. The van der Waals surface area contributed by atoms with Gasteiger partial charge in [-0.2, -0.15) is 5.26 Å². The minimum Gasteiger partial charge on any atom is -0.504 e. The summed E-state index contributed by atoms with van der Waals surface area (Å²) in [6, 6.07) is 3.17. The standard InChI is InChI=1S/C32H29Cl3F2N6O3/c1-6-20(44)41-9-11-42(12-10-41)29-17-13-19(33)26(21-22(34)30(45)25(37)23(35)24(21)36)39-31(17)43(32(46)18(29)14-38)28-16(4)7-8-40(5)27(28)15(2)3/h6-8,13,15,27,45H,1,9-12H2,2-5H3. The molecular formula is C32H29Cl3F2N6O3. The number of phenolic OH excluding ortho intramolecular Hbond substituents is 1. The van der Waals surface area contributed by atoms with Crippen molar-refractivity contribution >= 4 is 63.1 Å². The van der Waals surface area contributed by atoms with Crippen LogP contribution in [0.2, 0.25) is 15.1 Å². The molecule has 0 bridgehead atoms. The van der Waals surface area contributed by atoms with E-state index in [0.29, 0.717) is 24.2 Å². The van der Waals surface area contributed by atoms with Crippen molar-refractivity contribution in [3.63, 3.8) is 0 Å². The number of hydrogen-bond donors (Lipinski definition) is 1. The van der Waals surface area contributed by atoms with Crippen molar-refractivity contribution in [3.05, 3.63) is 79.2 Å². The lowest BCUT2D eigenvalue weighted by atomic mass is 9.93. The van der Waals surface area contributed by atoms with Crippen LogP contribution in [0.1, 0.15) is 26.3 Å². The number of carbonyl (C=O) groups excluding carboxylic acids is 1. The third-order valence-corrected chi connectivity index (χ3v) is 9.29. The molecule has 2 aliphatic heterocycles. The first-order valence-electron chi connectivity index (χ1n) is 14.3. The predicted octanol–water partition coefficient (Wildman–Crippen LogP) is 6.43. The topological polar surface area (TPSA) is 106 Å². The molecule has 1 saturated heterocycles. The zero-order valence-electron chi connectivity index (χ0n) is 25.3. The number of benzene rings is 1. The van der Waals surface area contributed by atoms with Crippen LogP contribution in [0.3, 0.4) is 0 Å². The van der Waals surface area contributed by atoms with Gasteiger partial charge in [0.1, 0.15) is 22.3 Å². The van der Waals surface area contributed by atoms with Gasteiger partial charge in [-0.3, -0.25) is 14.2 Å². The monoisotopic (exact) mass is 688 g/mol. The smallest absolute Gasteiger partial charge is 0.276 e. The highest BCUT2D eigenvalue weighted by molar-refractivity contribution is 6.39. The molecule has 0 spiro atoms. The van der Waals surface area contributed by atoms with Crippen LogP contribution >= 0.6 is 34.8 Å². The van der Waals surface area contributed by atoms with E-state index in [4.69, 9.17) is 34.8 Å². The average Bonchev–Trinajstić information content (AvgIpc) is 3.03. The molecule has 4 heterocycles. The Hall–Kier alpha value is -4.11. The lowest BCUT2D eigenvalue weighted by Gasteiger charge is -2.38.